The number of rotatable bonds is 1. The molecule has 70 valence electrons. The lowest BCUT2D eigenvalue weighted by molar-refractivity contribution is 0.0722. The molecule has 1 heterocycles. The first kappa shape index (κ1) is 9.39. The molecule has 1 aliphatic rings. The number of benzene rings is 1. The van der Waals surface area contributed by atoms with Crippen molar-refractivity contribution < 1.29 is 9.59 Å². The molecular weight excluding hydrogens is 293 g/mol. The maximum Gasteiger partial charge on any atom is 0.265 e. The molecule has 3 nitrogen and oxygen atoms in total. The van der Waals surface area contributed by atoms with Crippen LogP contribution in [0.1, 0.15) is 20.7 Å². The van der Waals surface area contributed by atoms with E-state index in [0.29, 0.717) is 11.1 Å². The summed E-state index contributed by atoms with van der Waals surface area (Å²) in [6.45, 7) is 0. The third-order valence-corrected chi connectivity index (χ3v) is 2.35. The van der Waals surface area contributed by atoms with Gasteiger partial charge < -0.3 is 0 Å². The molecule has 0 radical (unpaired) electrons. The number of hydrogen-bond acceptors (Lipinski definition) is 2. The highest BCUT2D eigenvalue weighted by Gasteiger charge is 2.33. The molecular formula is C10H6INO2. The van der Waals surface area contributed by atoms with Crippen molar-refractivity contribution in [3.63, 3.8) is 0 Å². The molecule has 0 fully saturated rings. The smallest absolute Gasteiger partial charge is 0.265 e. The molecule has 4 heteroatoms. The standard InChI is InChI=1S/C10H6INO2/c11-5-6-12-9(13)7-3-1-2-4-8(7)10(12)14/h1-6H/b6-5+. The van der Waals surface area contributed by atoms with Crippen molar-refractivity contribution in [2.75, 3.05) is 0 Å². The van der Waals surface area contributed by atoms with Crippen molar-refractivity contribution in [3.8, 4) is 0 Å². The Morgan fingerprint density at radius 3 is 2.00 bits per heavy atom. The summed E-state index contributed by atoms with van der Waals surface area (Å²) in [7, 11) is 0. The van der Waals surface area contributed by atoms with Gasteiger partial charge in [-0.1, -0.05) is 34.7 Å². The first-order valence-corrected chi connectivity index (χ1v) is 5.24. The lowest BCUT2D eigenvalue weighted by Gasteiger charge is -2.04. The highest BCUT2D eigenvalue weighted by molar-refractivity contribution is 14.1. The maximum absolute atomic E-state index is 11.6. The van der Waals surface area contributed by atoms with E-state index in [0.717, 1.165) is 4.90 Å². The maximum atomic E-state index is 11.6. The van der Waals surface area contributed by atoms with Crippen molar-refractivity contribution in [1.82, 2.24) is 4.90 Å². The molecule has 2 rings (SSSR count). The number of carbonyl (C=O) groups excluding carboxylic acids is 2. The third-order valence-electron chi connectivity index (χ3n) is 2.03. The van der Waals surface area contributed by atoms with Crippen LogP contribution in [0.15, 0.2) is 34.5 Å². The van der Waals surface area contributed by atoms with E-state index in [2.05, 4.69) is 0 Å². The number of carbonyl (C=O) groups is 2. The van der Waals surface area contributed by atoms with E-state index < -0.39 is 0 Å². The summed E-state index contributed by atoms with van der Waals surface area (Å²) in [6, 6.07) is 6.83. The average Bonchev–Trinajstić information content (AvgIpc) is 2.45. The van der Waals surface area contributed by atoms with Crippen LogP contribution in [0.25, 0.3) is 0 Å². The number of amides is 2. The molecule has 0 aromatic heterocycles. The molecule has 0 saturated heterocycles. The van der Waals surface area contributed by atoms with Gasteiger partial charge in [-0.05, 0) is 16.2 Å². The van der Waals surface area contributed by atoms with Crippen LogP contribution in [0, 0.1) is 0 Å². The predicted molar refractivity (Wildman–Crippen MR) is 60.1 cm³/mol. The minimum absolute atomic E-state index is 0.251. The lowest BCUT2D eigenvalue weighted by Crippen LogP contribution is -2.23. The Morgan fingerprint density at radius 1 is 1.07 bits per heavy atom. The molecule has 0 bridgehead atoms. The molecule has 1 aromatic rings. The fourth-order valence-electron chi connectivity index (χ4n) is 1.40. The molecule has 0 spiro atoms. The van der Waals surface area contributed by atoms with Crippen LogP contribution in [0.5, 0.6) is 0 Å². The monoisotopic (exact) mass is 299 g/mol. The van der Waals surface area contributed by atoms with Crippen LogP contribution in [-0.2, 0) is 0 Å². The van der Waals surface area contributed by atoms with Gasteiger partial charge >= 0.3 is 0 Å². The molecule has 1 aliphatic heterocycles. The van der Waals surface area contributed by atoms with Crippen LogP contribution < -0.4 is 0 Å². The second-order valence-electron chi connectivity index (χ2n) is 2.80. The SMILES string of the molecule is O=C1c2ccccc2C(=O)N1/C=C/I. The third kappa shape index (κ3) is 1.26. The van der Waals surface area contributed by atoms with Gasteiger partial charge in [-0.2, -0.15) is 0 Å². The van der Waals surface area contributed by atoms with Crippen LogP contribution in [0.2, 0.25) is 0 Å². The van der Waals surface area contributed by atoms with E-state index in [-0.39, 0.29) is 11.8 Å². The summed E-state index contributed by atoms with van der Waals surface area (Å²) in [4.78, 5) is 24.4. The van der Waals surface area contributed by atoms with Gasteiger partial charge in [-0.3, -0.25) is 9.59 Å². The number of fused-ring (bicyclic) bond motifs is 1. The Kier molecular flexibility index (Phi) is 2.37. The van der Waals surface area contributed by atoms with Crippen molar-refractivity contribution in [2.24, 2.45) is 0 Å². The van der Waals surface area contributed by atoms with Gasteiger partial charge in [0.25, 0.3) is 11.8 Å². The summed E-state index contributed by atoms with van der Waals surface area (Å²) in [5, 5.41) is 0. The zero-order valence-electron chi connectivity index (χ0n) is 7.11. The van der Waals surface area contributed by atoms with Crippen molar-refractivity contribution in [1.29, 1.82) is 0 Å². The van der Waals surface area contributed by atoms with Crippen LogP contribution in [-0.4, -0.2) is 16.7 Å². The highest BCUT2D eigenvalue weighted by Crippen LogP contribution is 2.22. The van der Waals surface area contributed by atoms with Crippen LogP contribution >= 0.6 is 22.6 Å². The first-order chi connectivity index (χ1) is 6.75. The fourth-order valence-corrected chi connectivity index (χ4v) is 1.72. The first-order valence-electron chi connectivity index (χ1n) is 3.99. The van der Waals surface area contributed by atoms with E-state index in [9.17, 15) is 9.59 Å². The van der Waals surface area contributed by atoms with E-state index in [4.69, 9.17) is 0 Å². The number of hydrogen-bond donors (Lipinski definition) is 0. The molecule has 1 aromatic carbocycles. The Balaban J connectivity index is 2.53. The van der Waals surface area contributed by atoms with Gasteiger partial charge in [0.2, 0.25) is 0 Å². The van der Waals surface area contributed by atoms with Gasteiger partial charge in [0.05, 0.1) is 11.1 Å². The minimum Gasteiger partial charge on any atom is -0.268 e. The number of imide groups is 1. The Bertz CT molecular complexity index is 405. The van der Waals surface area contributed by atoms with Crippen LogP contribution in [0.3, 0.4) is 0 Å². The molecule has 14 heavy (non-hydrogen) atoms. The molecule has 0 N–H and O–H groups in total. The van der Waals surface area contributed by atoms with Crippen molar-refractivity contribution in [2.45, 2.75) is 0 Å². The summed E-state index contributed by atoms with van der Waals surface area (Å²) in [5.74, 6) is -0.503. The number of nitrogens with zero attached hydrogens (tertiary/aromatic N) is 1. The largest absolute Gasteiger partial charge is 0.268 e. The van der Waals surface area contributed by atoms with Gasteiger partial charge in [-0.25, -0.2) is 4.90 Å². The van der Waals surface area contributed by atoms with Gasteiger partial charge in [0.15, 0.2) is 0 Å². The predicted octanol–water partition coefficient (Wildman–Crippen LogP) is 2.19. The van der Waals surface area contributed by atoms with Crippen molar-refractivity contribution in [3.05, 3.63) is 45.7 Å². The molecule has 0 atom stereocenters. The van der Waals surface area contributed by atoms with E-state index >= 15 is 0 Å². The van der Waals surface area contributed by atoms with E-state index in [1.54, 1.807) is 28.3 Å². The zero-order valence-corrected chi connectivity index (χ0v) is 9.26. The topological polar surface area (TPSA) is 37.4 Å². The second kappa shape index (κ2) is 3.53. The summed E-state index contributed by atoms with van der Waals surface area (Å²) in [6.07, 6.45) is 1.48. The minimum atomic E-state index is -0.251. The van der Waals surface area contributed by atoms with E-state index in [1.165, 1.54) is 6.20 Å². The summed E-state index contributed by atoms with van der Waals surface area (Å²) < 4.78 is 1.64. The Morgan fingerprint density at radius 2 is 1.57 bits per heavy atom. The average molecular weight is 299 g/mol. The number of halogens is 1. The fraction of sp³-hybridized carbons (Fsp3) is 0. The van der Waals surface area contributed by atoms with Crippen LogP contribution in [0.4, 0.5) is 0 Å². The molecule has 0 aliphatic carbocycles. The molecule has 0 saturated carbocycles. The zero-order chi connectivity index (χ0) is 10.1. The summed E-state index contributed by atoms with van der Waals surface area (Å²) >= 11 is 1.97. The quantitative estimate of drug-likeness (QED) is 0.589. The second-order valence-corrected chi connectivity index (χ2v) is 3.52. The van der Waals surface area contributed by atoms with E-state index in [1.807, 2.05) is 22.6 Å². The highest BCUT2D eigenvalue weighted by atomic mass is 127. The van der Waals surface area contributed by atoms with Gasteiger partial charge in [0.1, 0.15) is 0 Å². The van der Waals surface area contributed by atoms with Crippen molar-refractivity contribution >= 4 is 34.4 Å². The molecule has 2 amide bonds. The summed E-state index contributed by atoms with van der Waals surface area (Å²) in [5.41, 5.74) is 0.957. The normalized spacial score (nSPS) is 15.4. The van der Waals surface area contributed by atoms with Gasteiger partial charge in [-0.15, -0.1) is 0 Å². The molecule has 0 unspecified atom stereocenters. The Labute approximate surface area is 94.5 Å². The Hall–Kier alpha value is -1.17. The van der Waals surface area contributed by atoms with Gasteiger partial charge in [0, 0.05) is 6.20 Å². The lowest BCUT2D eigenvalue weighted by atomic mass is 10.1.